The summed E-state index contributed by atoms with van der Waals surface area (Å²) in [6, 6.07) is 0.898. The highest BCUT2D eigenvalue weighted by molar-refractivity contribution is 5.48. The van der Waals surface area contributed by atoms with Crippen LogP contribution in [0.3, 0.4) is 0 Å². The van der Waals surface area contributed by atoms with E-state index in [0.717, 1.165) is 12.8 Å². The van der Waals surface area contributed by atoms with Crippen LogP contribution in [0.1, 0.15) is 39.5 Å². The van der Waals surface area contributed by atoms with Gasteiger partial charge in [0.1, 0.15) is 0 Å². The summed E-state index contributed by atoms with van der Waals surface area (Å²) < 4.78 is 0. The van der Waals surface area contributed by atoms with Crippen molar-refractivity contribution in [2.45, 2.75) is 57.7 Å². The summed E-state index contributed by atoms with van der Waals surface area (Å²) in [4.78, 5) is 0. The molecule has 0 aromatic carbocycles. The second-order valence-electron chi connectivity index (χ2n) is 8.81. The van der Waals surface area contributed by atoms with Crippen LogP contribution in [0, 0.1) is 22.7 Å². The number of hydrogen-bond donors (Lipinski definition) is 3. The molecule has 1 fully saturated rings. The van der Waals surface area contributed by atoms with Gasteiger partial charge in [0.15, 0.2) is 0 Å². The van der Waals surface area contributed by atoms with Crippen LogP contribution in [0.4, 0.5) is 0 Å². The predicted octanol–water partition coefficient (Wildman–Crippen LogP) is 2.79. The van der Waals surface area contributed by atoms with Crippen LogP contribution in [-0.4, -0.2) is 37.4 Å². The number of nitrogens with one attached hydrogen (secondary N) is 2. The van der Waals surface area contributed by atoms with Gasteiger partial charge in [0.2, 0.25) is 0 Å². The van der Waals surface area contributed by atoms with Gasteiger partial charge in [-0.3, -0.25) is 0 Å². The first kappa shape index (κ1) is 16.6. The molecule has 3 N–H and O–H groups in total. The first-order chi connectivity index (χ1) is 11.4. The Bertz CT molecular complexity index is 621. The molecule has 1 saturated carbocycles. The van der Waals surface area contributed by atoms with Gasteiger partial charge in [-0.05, 0) is 68.2 Å². The Morgan fingerprint density at radius 1 is 1.12 bits per heavy atom. The smallest absolute Gasteiger partial charge is 0.0724 e. The molecule has 7 atom stereocenters. The molecule has 4 aliphatic carbocycles. The van der Waals surface area contributed by atoms with Crippen molar-refractivity contribution in [3.05, 3.63) is 35.5 Å². The maximum atomic E-state index is 10.1. The van der Waals surface area contributed by atoms with E-state index in [1.54, 1.807) is 11.1 Å². The monoisotopic (exact) mass is 328 g/mol. The molecule has 24 heavy (non-hydrogen) atoms. The summed E-state index contributed by atoms with van der Waals surface area (Å²) in [6.45, 7) is 4.88. The van der Waals surface area contributed by atoms with Crippen molar-refractivity contribution in [2.75, 3.05) is 14.1 Å². The van der Waals surface area contributed by atoms with E-state index in [2.05, 4.69) is 56.8 Å². The molecule has 0 heterocycles. The van der Waals surface area contributed by atoms with E-state index in [9.17, 15) is 5.11 Å². The van der Waals surface area contributed by atoms with Crippen LogP contribution in [0.25, 0.3) is 0 Å². The second-order valence-corrected chi connectivity index (χ2v) is 8.81. The molecule has 0 aliphatic heterocycles. The number of aliphatic hydroxyl groups is 1. The van der Waals surface area contributed by atoms with Gasteiger partial charge in [-0.1, -0.05) is 38.2 Å². The van der Waals surface area contributed by atoms with Crippen molar-refractivity contribution in [3.63, 3.8) is 0 Å². The molecule has 4 unspecified atom stereocenters. The van der Waals surface area contributed by atoms with E-state index in [1.165, 1.54) is 12.8 Å². The summed E-state index contributed by atoms with van der Waals surface area (Å²) in [5.41, 5.74) is 3.66. The van der Waals surface area contributed by atoms with Gasteiger partial charge < -0.3 is 15.7 Å². The molecular formula is C21H32N2O. The lowest BCUT2D eigenvalue weighted by atomic mass is 9.50. The standard InChI is InChI=1S/C21H32N2O/c1-20-9-7-14(24)11-13(20)12-17(22-3)19-15-5-6-18(23-4)21(15,2)10-8-16(19)20/h5-7,9,13-14,16-18,22-24H,8,10-12H2,1-4H3/t13?,14?,16-,17?,18?,20+,21+/m1/s1. The third kappa shape index (κ3) is 2.07. The average Bonchev–Trinajstić information content (AvgIpc) is 2.91. The van der Waals surface area contributed by atoms with Gasteiger partial charge in [-0.15, -0.1) is 0 Å². The van der Waals surface area contributed by atoms with E-state index in [0.29, 0.717) is 23.9 Å². The number of likely N-dealkylation sites (N-methyl/N-ethyl adjacent to an activating group) is 2. The molecule has 0 saturated heterocycles. The third-order valence-electron chi connectivity index (χ3n) is 7.78. The van der Waals surface area contributed by atoms with Crippen molar-refractivity contribution in [3.8, 4) is 0 Å². The van der Waals surface area contributed by atoms with E-state index in [-0.39, 0.29) is 16.9 Å². The van der Waals surface area contributed by atoms with Crippen molar-refractivity contribution in [1.29, 1.82) is 0 Å². The second kappa shape index (κ2) is 5.55. The first-order valence-electron chi connectivity index (χ1n) is 9.58. The van der Waals surface area contributed by atoms with E-state index in [1.807, 2.05) is 6.08 Å². The topological polar surface area (TPSA) is 44.3 Å². The number of fused-ring (bicyclic) bond motifs is 4. The zero-order valence-corrected chi connectivity index (χ0v) is 15.5. The highest BCUT2D eigenvalue weighted by Gasteiger charge is 2.55. The Hall–Kier alpha value is -0.900. The van der Waals surface area contributed by atoms with Gasteiger partial charge in [0.25, 0.3) is 0 Å². The summed E-state index contributed by atoms with van der Waals surface area (Å²) in [5.74, 6) is 1.17. The van der Waals surface area contributed by atoms with E-state index >= 15 is 0 Å². The van der Waals surface area contributed by atoms with Crippen LogP contribution in [-0.2, 0) is 0 Å². The third-order valence-corrected chi connectivity index (χ3v) is 7.78. The number of aliphatic hydroxyl groups excluding tert-OH is 1. The Balaban J connectivity index is 1.84. The summed E-state index contributed by atoms with van der Waals surface area (Å²) in [6.07, 6.45) is 13.4. The average molecular weight is 328 g/mol. The van der Waals surface area contributed by atoms with Crippen molar-refractivity contribution in [2.24, 2.45) is 22.7 Å². The minimum atomic E-state index is -0.260. The predicted molar refractivity (Wildman–Crippen MR) is 98.7 cm³/mol. The lowest BCUT2D eigenvalue weighted by Crippen LogP contribution is -2.54. The van der Waals surface area contributed by atoms with Crippen LogP contribution >= 0.6 is 0 Å². The molecule has 4 rings (SSSR count). The largest absolute Gasteiger partial charge is 0.389 e. The van der Waals surface area contributed by atoms with Gasteiger partial charge in [0, 0.05) is 17.5 Å². The quantitative estimate of drug-likeness (QED) is 0.683. The Morgan fingerprint density at radius 3 is 2.62 bits per heavy atom. The fourth-order valence-electron chi connectivity index (χ4n) is 6.27. The molecule has 0 radical (unpaired) electrons. The highest BCUT2D eigenvalue weighted by Crippen LogP contribution is 2.61. The maximum absolute atomic E-state index is 10.1. The first-order valence-corrected chi connectivity index (χ1v) is 9.58. The van der Waals surface area contributed by atoms with Crippen molar-refractivity contribution in [1.82, 2.24) is 10.6 Å². The minimum absolute atomic E-state index is 0.196. The van der Waals surface area contributed by atoms with E-state index in [4.69, 9.17) is 0 Å². The SMILES string of the molecule is CNC1CC2CC(O)C=C[C@]2(C)[C@@H]2CC[C@@]3(C)C(=C12)C=CC3NC. The van der Waals surface area contributed by atoms with Crippen LogP contribution < -0.4 is 10.6 Å². The molecule has 4 aliphatic rings. The summed E-state index contributed by atoms with van der Waals surface area (Å²) in [7, 11) is 4.19. The lowest BCUT2D eigenvalue weighted by molar-refractivity contribution is 0.0391. The van der Waals surface area contributed by atoms with Crippen molar-refractivity contribution < 1.29 is 5.11 Å². The number of hydrogen-bond acceptors (Lipinski definition) is 3. The zero-order chi connectivity index (χ0) is 17.1. The molecule has 0 aromatic heterocycles. The summed E-state index contributed by atoms with van der Waals surface area (Å²) in [5, 5.41) is 17.3. The number of allylic oxidation sites excluding steroid dienone is 2. The fraction of sp³-hybridized carbons (Fsp3) is 0.714. The molecular weight excluding hydrogens is 296 g/mol. The molecule has 3 heteroatoms. The molecule has 0 amide bonds. The van der Waals surface area contributed by atoms with Gasteiger partial charge in [0.05, 0.1) is 6.10 Å². The molecule has 132 valence electrons. The molecule has 3 nitrogen and oxygen atoms in total. The van der Waals surface area contributed by atoms with E-state index < -0.39 is 0 Å². The van der Waals surface area contributed by atoms with Gasteiger partial charge in [-0.25, -0.2) is 0 Å². The van der Waals surface area contributed by atoms with Gasteiger partial charge >= 0.3 is 0 Å². The Kier molecular flexibility index (Phi) is 3.83. The highest BCUT2D eigenvalue weighted by atomic mass is 16.3. The van der Waals surface area contributed by atoms with Crippen molar-refractivity contribution >= 4 is 0 Å². The Morgan fingerprint density at radius 2 is 1.92 bits per heavy atom. The Labute approximate surface area is 146 Å². The fourth-order valence-corrected chi connectivity index (χ4v) is 6.27. The zero-order valence-electron chi connectivity index (χ0n) is 15.5. The van der Waals surface area contributed by atoms with Gasteiger partial charge in [-0.2, -0.15) is 0 Å². The molecule has 0 aromatic rings. The minimum Gasteiger partial charge on any atom is -0.389 e. The normalized spacial score (nSPS) is 49.8. The number of rotatable bonds is 2. The molecule has 0 spiro atoms. The molecule has 0 bridgehead atoms. The van der Waals surface area contributed by atoms with Crippen LogP contribution in [0.15, 0.2) is 35.5 Å². The lowest BCUT2D eigenvalue weighted by Gasteiger charge is -2.56. The van der Waals surface area contributed by atoms with Crippen LogP contribution in [0.5, 0.6) is 0 Å². The van der Waals surface area contributed by atoms with Crippen LogP contribution in [0.2, 0.25) is 0 Å². The summed E-state index contributed by atoms with van der Waals surface area (Å²) >= 11 is 0. The maximum Gasteiger partial charge on any atom is 0.0724 e.